The first-order valence-electron chi connectivity index (χ1n) is 8.18. The number of hydrogen-bond acceptors (Lipinski definition) is 3. The summed E-state index contributed by atoms with van der Waals surface area (Å²) < 4.78 is 25.8. The fourth-order valence-corrected chi connectivity index (χ4v) is 3.71. The van der Waals surface area contributed by atoms with E-state index >= 15 is 0 Å². The van der Waals surface area contributed by atoms with E-state index in [2.05, 4.69) is 19.2 Å². The molecule has 2 aliphatic rings. The van der Waals surface area contributed by atoms with E-state index in [4.69, 9.17) is 9.47 Å². The smallest absolute Gasteiger partial charge is 0.207 e. The molecule has 1 spiro atoms. The van der Waals surface area contributed by atoms with Crippen LogP contribution in [0.1, 0.15) is 45.1 Å². The monoisotopic (exact) mass is 321 g/mol. The maximum Gasteiger partial charge on any atom is 0.207 e. The van der Waals surface area contributed by atoms with Crippen LogP contribution < -0.4 is 5.32 Å². The van der Waals surface area contributed by atoms with Crippen molar-refractivity contribution in [2.75, 3.05) is 13.2 Å². The summed E-state index contributed by atoms with van der Waals surface area (Å²) in [5.74, 6) is -1.19. The van der Waals surface area contributed by atoms with Gasteiger partial charge in [0, 0.05) is 11.8 Å². The predicted octanol–water partition coefficient (Wildman–Crippen LogP) is 3.11. The van der Waals surface area contributed by atoms with E-state index in [0.29, 0.717) is 32.5 Å². The van der Waals surface area contributed by atoms with E-state index in [1.54, 1.807) is 12.1 Å². The lowest BCUT2D eigenvalue weighted by atomic mass is 9.70. The summed E-state index contributed by atoms with van der Waals surface area (Å²) in [6.45, 7) is 5.32. The van der Waals surface area contributed by atoms with Crippen molar-refractivity contribution in [2.45, 2.75) is 50.9 Å². The molecule has 5 heteroatoms. The van der Waals surface area contributed by atoms with Crippen molar-refractivity contribution in [1.82, 2.24) is 5.32 Å². The molecule has 1 aromatic rings. The molecule has 1 saturated heterocycles. The molecule has 1 N–H and O–H groups in total. The number of ether oxygens (including phenoxy) is 2. The summed E-state index contributed by atoms with van der Waals surface area (Å²) in [4.78, 5) is 11.4. The minimum Gasteiger partial charge on any atom is -0.347 e. The molecule has 3 rings (SSSR count). The summed E-state index contributed by atoms with van der Waals surface area (Å²) >= 11 is 0. The second kappa shape index (κ2) is 5.87. The third-order valence-corrected chi connectivity index (χ3v) is 4.99. The van der Waals surface area contributed by atoms with Gasteiger partial charge in [-0.2, -0.15) is 0 Å². The molecule has 2 fully saturated rings. The van der Waals surface area contributed by atoms with Crippen LogP contribution in [0.5, 0.6) is 0 Å². The molecule has 1 aliphatic heterocycles. The number of hydrogen-bond donors (Lipinski definition) is 1. The van der Waals surface area contributed by atoms with Crippen LogP contribution in [0.3, 0.4) is 0 Å². The van der Waals surface area contributed by atoms with Gasteiger partial charge in [-0.3, -0.25) is 4.79 Å². The Morgan fingerprint density at radius 3 is 2.30 bits per heavy atom. The fourth-order valence-electron chi connectivity index (χ4n) is 3.71. The zero-order chi connectivity index (χ0) is 16.6. The van der Waals surface area contributed by atoms with E-state index in [0.717, 1.165) is 18.4 Å². The summed E-state index contributed by atoms with van der Waals surface area (Å²) in [6, 6.07) is 6.26. The SMILES string of the molecule is CC1(C)COC2(CCCC[C@@]2(NC=O)c2ccc(F)cc2)OC1. The van der Waals surface area contributed by atoms with Gasteiger partial charge in [-0.25, -0.2) is 4.39 Å². The molecule has 126 valence electrons. The maximum atomic E-state index is 13.3. The van der Waals surface area contributed by atoms with Crippen LogP contribution in [0, 0.1) is 11.2 Å². The van der Waals surface area contributed by atoms with Crippen molar-refractivity contribution in [2.24, 2.45) is 5.41 Å². The van der Waals surface area contributed by atoms with Crippen LogP contribution in [0.25, 0.3) is 0 Å². The van der Waals surface area contributed by atoms with Crippen molar-refractivity contribution in [3.63, 3.8) is 0 Å². The van der Waals surface area contributed by atoms with Gasteiger partial charge in [-0.1, -0.05) is 32.4 Å². The van der Waals surface area contributed by atoms with Gasteiger partial charge in [0.2, 0.25) is 6.41 Å². The highest BCUT2D eigenvalue weighted by atomic mass is 19.1. The van der Waals surface area contributed by atoms with E-state index in [-0.39, 0.29) is 11.2 Å². The minimum atomic E-state index is -0.889. The second-order valence-electron chi connectivity index (χ2n) is 7.38. The second-order valence-corrected chi connectivity index (χ2v) is 7.38. The lowest BCUT2D eigenvalue weighted by Crippen LogP contribution is -2.67. The van der Waals surface area contributed by atoms with Crippen LogP contribution in [0.2, 0.25) is 0 Å². The molecule has 1 aromatic carbocycles. The van der Waals surface area contributed by atoms with E-state index < -0.39 is 11.3 Å². The van der Waals surface area contributed by atoms with Gasteiger partial charge >= 0.3 is 0 Å². The maximum absolute atomic E-state index is 13.3. The Labute approximate surface area is 136 Å². The van der Waals surface area contributed by atoms with Crippen LogP contribution in [0.15, 0.2) is 24.3 Å². The molecule has 4 nitrogen and oxygen atoms in total. The Hall–Kier alpha value is -1.46. The molecule has 0 bridgehead atoms. The van der Waals surface area contributed by atoms with Crippen molar-refractivity contribution < 1.29 is 18.7 Å². The molecular formula is C18H24FNO3. The zero-order valence-electron chi connectivity index (χ0n) is 13.7. The molecule has 1 heterocycles. The molecule has 0 radical (unpaired) electrons. The average molecular weight is 321 g/mol. The molecule has 0 unspecified atom stereocenters. The fraction of sp³-hybridized carbons (Fsp3) is 0.611. The van der Waals surface area contributed by atoms with Gasteiger partial charge in [0.1, 0.15) is 11.4 Å². The van der Waals surface area contributed by atoms with E-state index in [1.807, 2.05) is 0 Å². The lowest BCUT2D eigenvalue weighted by molar-refractivity contribution is -0.344. The number of carbonyl (C=O) groups is 1. The predicted molar refractivity (Wildman–Crippen MR) is 84.2 cm³/mol. The van der Waals surface area contributed by atoms with Crippen molar-refractivity contribution >= 4 is 6.41 Å². The van der Waals surface area contributed by atoms with Crippen LogP contribution in [0.4, 0.5) is 4.39 Å². The molecular weight excluding hydrogens is 297 g/mol. The third kappa shape index (κ3) is 2.76. The van der Waals surface area contributed by atoms with Gasteiger partial charge in [0.25, 0.3) is 0 Å². The first kappa shape index (κ1) is 16.4. The highest BCUT2D eigenvalue weighted by Gasteiger charge is 2.58. The summed E-state index contributed by atoms with van der Waals surface area (Å²) in [5.41, 5.74) is -0.0132. The van der Waals surface area contributed by atoms with Gasteiger partial charge in [-0.15, -0.1) is 0 Å². The molecule has 1 saturated carbocycles. The average Bonchev–Trinajstić information content (AvgIpc) is 2.53. The number of benzene rings is 1. The van der Waals surface area contributed by atoms with Gasteiger partial charge in [-0.05, 0) is 30.5 Å². The van der Waals surface area contributed by atoms with Crippen molar-refractivity contribution in [3.05, 3.63) is 35.6 Å². The minimum absolute atomic E-state index is 0.0571. The summed E-state index contributed by atoms with van der Waals surface area (Å²) in [6.07, 6.45) is 4.04. The molecule has 23 heavy (non-hydrogen) atoms. The van der Waals surface area contributed by atoms with Gasteiger partial charge in [0.05, 0.1) is 13.2 Å². The summed E-state index contributed by atoms with van der Waals surface area (Å²) in [7, 11) is 0. The van der Waals surface area contributed by atoms with Crippen LogP contribution in [-0.2, 0) is 19.8 Å². The summed E-state index contributed by atoms with van der Waals surface area (Å²) in [5, 5.41) is 2.97. The first-order valence-corrected chi connectivity index (χ1v) is 8.18. The molecule has 0 aromatic heterocycles. The Morgan fingerprint density at radius 1 is 1.09 bits per heavy atom. The zero-order valence-corrected chi connectivity index (χ0v) is 13.7. The number of halogens is 1. The van der Waals surface area contributed by atoms with Crippen LogP contribution >= 0.6 is 0 Å². The normalized spacial score (nSPS) is 29.2. The van der Waals surface area contributed by atoms with E-state index in [9.17, 15) is 9.18 Å². The highest BCUT2D eigenvalue weighted by molar-refractivity contribution is 5.51. The largest absolute Gasteiger partial charge is 0.347 e. The van der Waals surface area contributed by atoms with Gasteiger partial charge in [0.15, 0.2) is 5.79 Å². The Bertz CT molecular complexity index is 562. The van der Waals surface area contributed by atoms with Gasteiger partial charge < -0.3 is 14.8 Å². The molecule has 1 aliphatic carbocycles. The molecule has 1 amide bonds. The van der Waals surface area contributed by atoms with E-state index in [1.165, 1.54) is 12.1 Å². The quantitative estimate of drug-likeness (QED) is 0.870. The number of rotatable bonds is 3. The topological polar surface area (TPSA) is 47.6 Å². The standard InChI is InChI=1S/C18H24FNO3/c1-16(2)11-22-18(23-12-16)10-4-3-9-17(18,20-13-21)14-5-7-15(19)8-6-14/h5-8,13H,3-4,9-12H2,1-2H3,(H,20,21)/t17-/m1/s1. The Balaban J connectivity index is 2.04. The van der Waals surface area contributed by atoms with Crippen LogP contribution in [-0.4, -0.2) is 25.4 Å². The number of nitrogens with one attached hydrogen (secondary N) is 1. The van der Waals surface area contributed by atoms with Crippen molar-refractivity contribution in [3.8, 4) is 0 Å². The highest BCUT2D eigenvalue weighted by Crippen LogP contribution is 2.50. The lowest BCUT2D eigenvalue weighted by Gasteiger charge is -2.56. The number of carbonyl (C=O) groups excluding carboxylic acids is 1. The molecule has 1 atom stereocenters. The Kier molecular flexibility index (Phi) is 4.19. The van der Waals surface area contributed by atoms with Crippen molar-refractivity contribution in [1.29, 1.82) is 0 Å². The third-order valence-electron chi connectivity index (χ3n) is 4.99. The Morgan fingerprint density at radius 2 is 1.70 bits per heavy atom. The number of amides is 1. The first-order chi connectivity index (χ1) is 10.9.